The number of hydrogen-bond donors (Lipinski definition) is 2. The van der Waals surface area contributed by atoms with E-state index in [0.29, 0.717) is 17.4 Å². The van der Waals surface area contributed by atoms with Crippen molar-refractivity contribution in [1.82, 2.24) is 9.97 Å². The molecule has 2 N–H and O–H groups in total. The van der Waals surface area contributed by atoms with E-state index in [4.69, 9.17) is 21.1 Å². The van der Waals surface area contributed by atoms with Gasteiger partial charge in [0.15, 0.2) is 0 Å². The maximum atomic E-state index is 12.7. The summed E-state index contributed by atoms with van der Waals surface area (Å²) in [5.74, 6) is -0.606. The minimum atomic E-state index is -4.71. The number of aromatic nitrogens is 2. The quantitative estimate of drug-likeness (QED) is 0.656. The van der Waals surface area contributed by atoms with Gasteiger partial charge in [0.2, 0.25) is 0 Å². The largest absolute Gasteiger partial charge is 0.478 e. The van der Waals surface area contributed by atoms with Crippen LogP contribution in [0.4, 0.5) is 13.2 Å². The number of aromatic carboxylic acids is 1. The number of hydrogen-bond acceptors (Lipinski definition) is 4. The third-order valence-electron chi connectivity index (χ3n) is 3.60. The monoisotopic (exact) mass is 410 g/mol. The van der Waals surface area contributed by atoms with Gasteiger partial charge in [-0.25, -0.2) is 9.59 Å². The molecule has 0 bridgehead atoms. The topological polar surface area (TPSA) is 96.2 Å². The number of alkyl halides is 3. The molecular formula is C18H10ClF3N2O4. The Labute approximate surface area is 159 Å². The molecule has 0 atom stereocenters. The predicted molar refractivity (Wildman–Crippen MR) is 94.9 cm³/mol. The highest BCUT2D eigenvalue weighted by Gasteiger charge is 2.32. The Hall–Kier alpha value is -3.33. The highest BCUT2D eigenvalue weighted by molar-refractivity contribution is 6.33. The second-order valence-corrected chi connectivity index (χ2v) is 5.96. The van der Waals surface area contributed by atoms with Gasteiger partial charge >= 0.3 is 17.8 Å². The highest BCUT2D eigenvalue weighted by atomic mass is 35.5. The lowest BCUT2D eigenvalue weighted by atomic mass is 10.1. The number of carbonyl (C=O) groups is 1. The summed E-state index contributed by atoms with van der Waals surface area (Å²) in [6.07, 6.45) is -2.18. The molecule has 0 radical (unpaired) electrons. The van der Waals surface area contributed by atoms with Crippen molar-refractivity contribution < 1.29 is 27.5 Å². The zero-order valence-electron chi connectivity index (χ0n) is 13.7. The Bertz CT molecular complexity index is 1130. The van der Waals surface area contributed by atoms with E-state index < -0.39 is 23.5 Å². The average Bonchev–Trinajstić information content (AvgIpc) is 3.08. The summed E-state index contributed by atoms with van der Waals surface area (Å²) < 4.78 is 43.7. The molecule has 0 aliphatic carbocycles. The molecule has 0 unspecified atom stereocenters. The van der Waals surface area contributed by atoms with Crippen molar-refractivity contribution in [3.8, 4) is 11.3 Å². The first-order valence-electron chi connectivity index (χ1n) is 7.63. The zero-order valence-corrected chi connectivity index (χ0v) is 14.5. The Morgan fingerprint density at radius 3 is 2.61 bits per heavy atom. The molecule has 10 heteroatoms. The number of H-pyrrole nitrogens is 1. The summed E-state index contributed by atoms with van der Waals surface area (Å²) in [6, 6.07) is 8.09. The van der Waals surface area contributed by atoms with Gasteiger partial charge in [0.1, 0.15) is 17.2 Å². The van der Waals surface area contributed by atoms with Crippen molar-refractivity contribution in [2.75, 3.05) is 0 Å². The van der Waals surface area contributed by atoms with Crippen LogP contribution in [-0.2, 0) is 6.18 Å². The van der Waals surface area contributed by atoms with Crippen LogP contribution in [0.5, 0.6) is 0 Å². The van der Waals surface area contributed by atoms with Gasteiger partial charge in [-0.2, -0.15) is 18.2 Å². The molecule has 0 aliphatic rings. The first-order chi connectivity index (χ1) is 13.1. The first kappa shape index (κ1) is 19.4. The first-order valence-corrected chi connectivity index (χ1v) is 8.01. The lowest BCUT2D eigenvalue weighted by molar-refractivity contribution is -0.141. The van der Waals surface area contributed by atoms with Gasteiger partial charge in [0, 0.05) is 5.56 Å². The number of halogens is 4. The third-order valence-corrected chi connectivity index (χ3v) is 3.93. The summed E-state index contributed by atoms with van der Waals surface area (Å²) in [7, 11) is 0. The normalized spacial score (nSPS) is 11.9. The van der Waals surface area contributed by atoms with E-state index in [1.165, 1.54) is 30.4 Å². The molecule has 3 rings (SSSR count). The maximum Gasteiger partial charge on any atom is 0.431 e. The summed E-state index contributed by atoms with van der Waals surface area (Å²) in [5.41, 5.74) is -2.18. The Morgan fingerprint density at radius 1 is 1.18 bits per heavy atom. The maximum absolute atomic E-state index is 12.7. The second kappa shape index (κ2) is 7.35. The molecule has 0 amide bonds. The molecule has 0 spiro atoms. The van der Waals surface area contributed by atoms with Gasteiger partial charge in [-0.05, 0) is 48.6 Å². The van der Waals surface area contributed by atoms with Gasteiger partial charge in [-0.3, -0.25) is 0 Å². The fraction of sp³-hybridized carbons (Fsp3) is 0.0556. The number of carboxylic acid groups (broad SMARTS) is 1. The molecular weight excluding hydrogens is 401 g/mol. The average molecular weight is 411 g/mol. The van der Waals surface area contributed by atoms with Crippen LogP contribution >= 0.6 is 11.6 Å². The van der Waals surface area contributed by atoms with E-state index in [-0.39, 0.29) is 22.0 Å². The minimum Gasteiger partial charge on any atom is -0.478 e. The van der Waals surface area contributed by atoms with Crippen LogP contribution < -0.4 is 5.69 Å². The number of nitrogens with one attached hydrogen (secondary N) is 1. The minimum absolute atomic E-state index is 0.0729. The van der Waals surface area contributed by atoms with E-state index in [0.717, 1.165) is 0 Å². The van der Waals surface area contributed by atoms with Crippen molar-refractivity contribution in [2.45, 2.75) is 6.18 Å². The van der Waals surface area contributed by atoms with Crippen molar-refractivity contribution in [3.05, 3.63) is 74.6 Å². The Morgan fingerprint density at radius 2 is 1.93 bits per heavy atom. The van der Waals surface area contributed by atoms with Crippen LogP contribution in [0.15, 0.2) is 45.6 Å². The number of benzene rings is 1. The summed E-state index contributed by atoms with van der Waals surface area (Å²) in [4.78, 5) is 27.5. The van der Waals surface area contributed by atoms with Crippen LogP contribution in [0.25, 0.3) is 23.5 Å². The number of aromatic amines is 1. The van der Waals surface area contributed by atoms with Crippen molar-refractivity contribution >= 4 is 29.7 Å². The van der Waals surface area contributed by atoms with Crippen molar-refractivity contribution in [2.24, 2.45) is 0 Å². The van der Waals surface area contributed by atoms with Gasteiger partial charge in [0.05, 0.1) is 16.3 Å². The molecule has 28 heavy (non-hydrogen) atoms. The van der Waals surface area contributed by atoms with Gasteiger partial charge in [0.25, 0.3) is 0 Å². The predicted octanol–water partition coefficient (Wildman–Crippen LogP) is 4.57. The van der Waals surface area contributed by atoms with E-state index in [1.54, 1.807) is 17.1 Å². The molecule has 3 aromatic rings. The Kier molecular flexibility index (Phi) is 5.10. The van der Waals surface area contributed by atoms with Crippen LogP contribution in [0.2, 0.25) is 5.02 Å². The third kappa shape index (κ3) is 4.32. The smallest absolute Gasteiger partial charge is 0.431 e. The van der Waals surface area contributed by atoms with Crippen molar-refractivity contribution in [1.29, 1.82) is 0 Å². The number of rotatable bonds is 4. The molecule has 0 saturated carbocycles. The van der Waals surface area contributed by atoms with Crippen molar-refractivity contribution in [3.63, 3.8) is 0 Å². The fourth-order valence-electron chi connectivity index (χ4n) is 2.32. The van der Waals surface area contributed by atoms with E-state index in [9.17, 15) is 22.8 Å². The Balaban J connectivity index is 1.88. The van der Waals surface area contributed by atoms with E-state index >= 15 is 0 Å². The lowest BCUT2D eigenvalue weighted by Gasteiger charge is -2.05. The molecule has 0 saturated heterocycles. The molecule has 2 heterocycles. The molecule has 0 fully saturated rings. The van der Waals surface area contributed by atoms with Gasteiger partial charge < -0.3 is 14.5 Å². The van der Waals surface area contributed by atoms with Gasteiger partial charge in [-0.15, -0.1) is 0 Å². The van der Waals surface area contributed by atoms with E-state index in [1.807, 2.05) is 0 Å². The molecule has 144 valence electrons. The molecule has 1 aromatic carbocycles. The molecule has 2 aromatic heterocycles. The molecule has 6 nitrogen and oxygen atoms in total. The SMILES string of the molecule is O=C(O)c1cc(-c2ccc(C=Cc3cc(C(F)(F)F)[nH]c(=O)n3)o2)ccc1Cl. The molecule has 0 aliphatic heterocycles. The fourth-order valence-corrected chi connectivity index (χ4v) is 2.52. The highest BCUT2D eigenvalue weighted by Crippen LogP contribution is 2.28. The zero-order chi connectivity index (χ0) is 20.5. The standard InChI is InChI=1S/C18H10ClF3N2O4/c19-13-5-1-9(7-12(13)16(25)26)14-6-4-11(28-14)3-2-10-8-15(18(20,21)22)24-17(27)23-10/h1-8H,(H,25,26)(H,23,24,27). The van der Waals surface area contributed by atoms with Crippen LogP contribution in [0.1, 0.15) is 27.5 Å². The van der Waals surface area contributed by atoms with Gasteiger partial charge in [-0.1, -0.05) is 11.6 Å². The summed E-state index contributed by atoms with van der Waals surface area (Å²) >= 11 is 5.82. The lowest BCUT2D eigenvalue weighted by Crippen LogP contribution is -2.19. The van der Waals surface area contributed by atoms with Crippen LogP contribution in [-0.4, -0.2) is 21.0 Å². The number of nitrogens with zero attached hydrogens (tertiary/aromatic N) is 1. The van der Waals surface area contributed by atoms with Crippen LogP contribution in [0, 0.1) is 0 Å². The van der Waals surface area contributed by atoms with E-state index in [2.05, 4.69) is 4.98 Å². The summed E-state index contributed by atoms with van der Waals surface area (Å²) in [6.45, 7) is 0. The number of carboxylic acids is 1. The number of furan rings is 1. The second-order valence-electron chi connectivity index (χ2n) is 5.56. The summed E-state index contributed by atoms with van der Waals surface area (Å²) in [5, 5.41) is 9.19. The van der Waals surface area contributed by atoms with Crippen LogP contribution in [0.3, 0.4) is 0 Å².